The summed E-state index contributed by atoms with van der Waals surface area (Å²) in [6.45, 7) is 1.32. The quantitative estimate of drug-likeness (QED) is 0.272. The highest BCUT2D eigenvalue weighted by molar-refractivity contribution is 6.39. The standard InChI is InChI=1S/C27H25Cl2N6O/c1-30-15-16-35(24-22(28)13-8-14-23(24)29)18-19-17-31-26(32-20-9-4-2-5-10-20)33-25(19)34(27(35)36)21-11-6-3-7-12-21/h2-14,17,30H,15-16,18H2,1H3,(H,31,32,33)/q+1. The minimum Gasteiger partial charge on any atom is -0.324 e. The molecule has 0 radical (unpaired) electrons. The zero-order chi connectivity index (χ0) is 25.1. The van der Waals surface area contributed by atoms with Gasteiger partial charge in [0.1, 0.15) is 23.1 Å². The summed E-state index contributed by atoms with van der Waals surface area (Å²) in [5.74, 6) is 0.931. The van der Waals surface area contributed by atoms with Crippen LogP contribution in [0.3, 0.4) is 0 Å². The lowest BCUT2D eigenvalue weighted by Crippen LogP contribution is -2.63. The molecule has 0 bridgehead atoms. The van der Waals surface area contributed by atoms with Crippen LogP contribution in [-0.2, 0) is 6.54 Å². The van der Waals surface area contributed by atoms with Crippen LogP contribution in [0.5, 0.6) is 0 Å². The molecule has 0 fully saturated rings. The van der Waals surface area contributed by atoms with Gasteiger partial charge in [0.25, 0.3) is 0 Å². The van der Waals surface area contributed by atoms with Gasteiger partial charge in [0, 0.05) is 18.4 Å². The Labute approximate surface area is 219 Å². The van der Waals surface area contributed by atoms with Crippen LogP contribution in [0.25, 0.3) is 0 Å². The Balaban J connectivity index is 1.69. The van der Waals surface area contributed by atoms with Gasteiger partial charge in [-0.25, -0.2) is 14.7 Å². The number of quaternary nitrogens is 1. The summed E-state index contributed by atoms with van der Waals surface area (Å²) in [5, 5.41) is 7.27. The highest BCUT2D eigenvalue weighted by atomic mass is 35.5. The van der Waals surface area contributed by atoms with Gasteiger partial charge in [0.2, 0.25) is 5.95 Å². The van der Waals surface area contributed by atoms with Crippen LogP contribution in [0.15, 0.2) is 85.1 Å². The molecule has 2 heterocycles. The van der Waals surface area contributed by atoms with Crippen LogP contribution in [0.2, 0.25) is 10.0 Å². The highest BCUT2D eigenvalue weighted by Crippen LogP contribution is 2.46. The second-order valence-corrected chi connectivity index (χ2v) is 9.32. The molecule has 9 heteroatoms. The lowest BCUT2D eigenvalue weighted by atomic mass is 10.1. The monoisotopic (exact) mass is 519 g/mol. The Bertz CT molecular complexity index is 1370. The number of aromatic nitrogens is 2. The number of para-hydroxylation sites is 3. The number of rotatable bonds is 7. The molecule has 0 aliphatic carbocycles. The van der Waals surface area contributed by atoms with Gasteiger partial charge < -0.3 is 10.6 Å². The van der Waals surface area contributed by atoms with E-state index in [-0.39, 0.29) is 10.5 Å². The second-order valence-electron chi connectivity index (χ2n) is 8.51. The molecule has 2 amide bonds. The number of nitrogens with zero attached hydrogens (tertiary/aromatic N) is 4. The predicted molar refractivity (Wildman–Crippen MR) is 146 cm³/mol. The fourth-order valence-corrected chi connectivity index (χ4v) is 5.25. The normalized spacial score (nSPS) is 17.1. The molecule has 1 aromatic heterocycles. The minimum absolute atomic E-state index is 0.101. The Kier molecular flexibility index (Phi) is 6.89. The molecule has 0 saturated carbocycles. The maximum atomic E-state index is 14.6. The summed E-state index contributed by atoms with van der Waals surface area (Å²) < 4.78 is -0.101. The summed E-state index contributed by atoms with van der Waals surface area (Å²) in [5.41, 5.74) is 2.93. The van der Waals surface area contributed by atoms with Gasteiger partial charge in [0.05, 0.1) is 11.3 Å². The van der Waals surface area contributed by atoms with Crippen molar-refractivity contribution < 1.29 is 4.79 Å². The van der Waals surface area contributed by atoms with E-state index in [2.05, 4.69) is 15.6 Å². The molecule has 1 atom stereocenters. The molecule has 0 spiro atoms. The van der Waals surface area contributed by atoms with Crippen LogP contribution >= 0.6 is 23.2 Å². The van der Waals surface area contributed by atoms with Crippen molar-refractivity contribution in [3.05, 3.63) is 101 Å². The molecule has 36 heavy (non-hydrogen) atoms. The summed E-state index contributed by atoms with van der Waals surface area (Å²) >= 11 is 13.4. The summed E-state index contributed by atoms with van der Waals surface area (Å²) in [4.78, 5) is 25.6. The van der Waals surface area contributed by atoms with Crippen LogP contribution < -0.4 is 20.0 Å². The van der Waals surface area contributed by atoms with E-state index < -0.39 is 0 Å². The molecule has 3 aromatic carbocycles. The van der Waals surface area contributed by atoms with Gasteiger partial charge in [0.15, 0.2) is 11.5 Å². The fourth-order valence-electron chi connectivity index (χ4n) is 4.53. The first-order chi connectivity index (χ1) is 17.5. The number of carbonyl (C=O) groups is 1. The van der Waals surface area contributed by atoms with Gasteiger partial charge in [-0.15, -0.1) is 0 Å². The smallest absolute Gasteiger partial charge is 0.324 e. The third kappa shape index (κ3) is 4.42. The number of benzene rings is 3. The Morgan fingerprint density at radius 1 is 0.944 bits per heavy atom. The average molecular weight is 520 g/mol. The van der Waals surface area contributed by atoms with Gasteiger partial charge in [-0.05, 0) is 43.4 Å². The fraction of sp³-hybridized carbons (Fsp3) is 0.148. The lowest BCUT2D eigenvalue weighted by Gasteiger charge is -2.43. The van der Waals surface area contributed by atoms with Gasteiger partial charge in [-0.2, -0.15) is 9.47 Å². The Hall–Kier alpha value is -3.49. The largest absolute Gasteiger partial charge is 0.434 e. The van der Waals surface area contributed by atoms with E-state index in [0.717, 1.165) is 11.3 Å². The Morgan fingerprint density at radius 3 is 2.28 bits per heavy atom. The lowest BCUT2D eigenvalue weighted by molar-refractivity contribution is 0.201. The number of nitrogens with one attached hydrogen (secondary N) is 2. The average Bonchev–Trinajstić information content (AvgIpc) is 2.89. The van der Waals surface area contributed by atoms with Crippen molar-refractivity contribution in [2.45, 2.75) is 6.54 Å². The third-order valence-corrected chi connectivity index (χ3v) is 6.81. The molecule has 0 saturated heterocycles. The molecule has 4 aromatic rings. The number of amides is 2. The van der Waals surface area contributed by atoms with Crippen LogP contribution in [0.4, 0.5) is 33.6 Å². The van der Waals surface area contributed by atoms with Crippen LogP contribution in [-0.4, -0.2) is 36.1 Å². The van der Waals surface area contributed by atoms with Crippen molar-refractivity contribution in [3.8, 4) is 0 Å². The summed E-state index contributed by atoms with van der Waals surface area (Å²) in [6.07, 6.45) is 1.77. The van der Waals surface area contributed by atoms with E-state index in [1.54, 1.807) is 29.3 Å². The molecular weight excluding hydrogens is 495 g/mol. The van der Waals surface area contributed by atoms with E-state index in [1.165, 1.54) is 0 Å². The summed E-state index contributed by atoms with van der Waals surface area (Å²) in [7, 11) is 1.85. The number of hydrogen-bond acceptors (Lipinski definition) is 5. The molecular formula is C27H25Cl2N6O+. The minimum atomic E-state index is -0.191. The van der Waals surface area contributed by atoms with Gasteiger partial charge >= 0.3 is 6.03 Å². The predicted octanol–water partition coefficient (Wildman–Crippen LogP) is 6.53. The van der Waals surface area contributed by atoms with Crippen LogP contribution in [0, 0.1) is 0 Å². The van der Waals surface area contributed by atoms with Crippen molar-refractivity contribution in [3.63, 3.8) is 0 Å². The van der Waals surface area contributed by atoms with E-state index >= 15 is 0 Å². The third-order valence-electron chi connectivity index (χ3n) is 6.20. The second kappa shape index (κ2) is 10.2. The van der Waals surface area contributed by atoms with Crippen molar-refractivity contribution >= 4 is 58.1 Å². The van der Waals surface area contributed by atoms with E-state index in [9.17, 15) is 4.79 Å². The van der Waals surface area contributed by atoms with Gasteiger partial charge in [-0.1, -0.05) is 65.7 Å². The number of halogens is 2. The zero-order valence-electron chi connectivity index (χ0n) is 19.7. The van der Waals surface area contributed by atoms with E-state index in [1.807, 2.05) is 67.7 Å². The number of hydrogen-bond donors (Lipinski definition) is 2. The van der Waals surface area contributed by atoms with Crippen LogP contribution in [0.1, 0.15) is 5.56 Å². The van der Waals surface area contributed by atoms with E-state index in [0.29, 0.717) is 52.8 Å². The molecule has 7 nitrogen and oxygen atoms in total. The maximum absolute atomic E-state index is 14.6. The maximum Gasteiger partial charge on any atom is 0.434 e. The molecule has 182 valence electrons. The number of anilines is 4. The van der Waals surface area contributed by atoms with Crippen molar-refractivity contribution in [1.29, 1.82) is 0 Å². The topological polar surface area (TPSA) is 70.2 Å². The first-order valence-electron chi connectivity index (χ1n) is 11.6. The number of likely N-dealkylation sites (N-methyl/N-ethyl adjacent to an activating group) is 1. The van der Waals surface area contributed by atoms with Crippen molar-refractivity contribution in [2.75, 3.05) is 30.4 Å². The molecule has 1 aliphatic heterocycles. The van der Waals surface area contributed by atoms with E-state index in [4.69, 9.17) is 28.2 Å². The first-order valence-corrected chi connectivity index (χ1v) is 12.3. The highest BCUT2D eigenvalue weighted by Gasteiger charge is 2.51. The van der Waals surface area contributed by atoms with Gasteiger partial charge in [-0.3, -0.25) is 0 Å². The molecule has 5 rings (SSSR count). The number of carbonyl (C=O) groups excluding carboxylic acids is 1. The van der Waals surface area contributed by atoms with Crippen molar-refractivity contribution in [1.82, 2.24) is 19.8 Å². The first kappa shape index (κ1) is 24.2. The molecule has 1 unspecified atom stereocenters. The molecule has 2 N–H and O–H groups in total. The SMILES string of the molecule is CNCC[N+]1(c2c(Cl)cccc2Cl)Cc2cnc(Nc3ccccc3)nc2N(c2ccccc2)C1=O. The summed E-state index contributed by atoms with van der Waals surface area (Å²) in [6, 6.07) is 24.3. The Morgan fingerprint density at radius 2 is 1.61 bits per heavy atom. The zero-order valence-corrected chi connectivity index (χ0v) is 21.2. The van der Waals surface area contributed by atoms with Crippen molar-refractivity contribution in [2.24, 2.45) is 0 Å². The number of urea groups is 1. The molecule has 1 aliphatic rings. The number of fused-ring (bicyclic) bond motifs is 1.